The van der Waals surface area contributed by atoms with Gasteiger partial charge in [-0.15, -0.1) is 0 Å². The van der Waals surface area contributed by atoms with Crippen molar-refractivity contribution >= 4 is 18.5 Å². The predicted octanol–water partition coefficient (Wildman–Crippen LogP) is 4.70. The molecule has 1 heteroatoms. The largest absolute Gasteiger partial charge is 0.0654 e. The van der Waals surface area contributed by atoms with E-state index in [4.69, 9.17) is 0 Å². The fourth-order valence-corrected chi connectivity index (χ4v) is 5.21. The van der Waals surface area contributed by atoms with Crippen LogP contribution in [0.1, 0.15) is 33.1 Å². The van der Waals surface area contributed by atoms with Crippen LogP contribution in [0.3, 0.4) is 0 Å². The average Bonchev–Trinajstić information content (AvgIpc) is 2.47. The Kier molecular flexibility index (Phi) is 5.61. The summed E-state index contributed by atoms with van der Waals surface area (Å²) >= 11 is 0. The van der Waals surface area contributed by atoms with Gasteiger partial charge >= 0.3 is 0 Å². The van der Waals surface area contributed by atoms with E-state index in [1.807, 2.05) is 0 Å². The topological polar surface area (TPSA) is 0 Å². The molecular weight excluding hydrogens is 247 g/mol. The molecule has 0 aliphatic carbocycles. The highest BCUT2D eigenvalue weighted by molar-refractivity contribution is 7.73. The Morgan fingerprint density at radius 1 is 0.842 bits per heavy atom. The summed E-state index contributed by atoms with van der Waals surface area (Å²) in [6.07, 6.45) is 3.95. The van der Waals surface area contributed by atoms with E-state index in [1.165, 1.54) is 29.9 Å². The van der Waals surface area contributed by atoms with Crippen LogP contribution in [-0.4, -0.2) is 5.66 Å². The summed E-state index contributed by atoms with van der Waals surface area (Å²) in [7, 11) is -0.224. The van der Waals surface area contributed by atoms with Gasteiger partial charge in [-0.1, -0.05) is 87.4 Å². The van der Waals surface area contributed by atoms with Crippen molar-refractivity contribution in [3.05, 3.63) is 60.7 Å². The van der Waals surface area contributed by atoms with Crippen LogP contribution in [0.25, 0.3) is 0 Å². The van der Waals surface area contributed by atoms with Crippen molar-refractivity contribution in [1.29, 1.82) is 0 Å². The molecule has 0 N–H and O–H groups in total. The maximum absolute atomic E-state index is 2.42. The molecule has 0 saturated carbocycles. The van der Waals surface area contributed by atoms with Gasteiger partial charge in [-0.2, -0.15) is 0 Å². The number of unbranched alkanes of at least 4 members (excludes halogenated alkanes) is 1. The Morgan fingerprint density at radius 2 is 1.32 bits per heavy atom. The first-order chi connectivity index (χ1) is 9.33. The van der Waals surface area contributed by atoms with Crippen LogP contribution >= 0.6 is 7.92 Å². The average molecular weight is 270 g/mol. The third kappa shape index (κ3) is 3.91. The quantitative estimate of drug-likeness (QED) is 0.667. The Balaban J connectivity index is 2.29. The fourth-order valence-electron chi connectivity index (χ4n) is 2.46. The van der Waals surface area contributed by atoms with E-state index in [2.05, 4.69) is 74.5 Å². The van der Waals surface area contributed by atoms with Gasteiger partial charge in [-0.3, -0.25) is 0 Å². The highest BCUT2D eigenvalue weighted by Gasteiger charge is 2.19. The second kappa shape index (κ2) is 7.46. The highest BCUT2D eigenvalue weighted by atomic mass is 31.1. The van der Waals surface area contributed by atoms with Crippen molar-refractivity contribution in [2.75, 3.05) is 0 Å². The molecule has 0 heterocycles. The predicted molar refractivity (Wildman–Crippen MR) is 88.1 cm³/mol. The summed E-state index contributed by atoms with van der Waals surface area (Å²) < 4.78 is 0. The second-order valence-electron chi connectivity index (χ2n) is 5.03. The number of rotatable bonds is 6. The molecule has 0 amide bonds. The zero-order valence-electron chi connectivity index (χ0n) is 11.9. The van der Waals surface area contributed by atoms with E-state index >= 15 is 0 Å². The molecule has 100 valence electrons. The molecule has 0 aliphatic heterocycles. The van der Waals surface area contributed by atoms with Crippen molar-refractivity contribution in [1.82, 2.24) is 0 Å². The van der Waals surface area contributed by atoms with Crippen LogP contribution in [0, 0.1) is 0 Å². The minimum atomic E-state index is -0.224. The molecule has 0 bridgehead atoms. The zero-order valence-corrected chi connectivity index (χ0v) is 12.8. The van der Waals surface area contributed by atoms with Gasteiger partial charge in [0.1, 0.15) is 0 Å². The minimum absolute atomic E-state index is 0.224. The normalized spacial score (nSPS) is 12.6. The highest BCUT2D eigenvalue weighted by Crippen LogP contribution is 2.41. The van der Waals surface area contributed by atoms with Gasteiger partial charge in [-0.25, -0.2) is 0 Å². The Labute approximate surface area is 118 Å². The molecule has 1 atom stereocenters. The van der Waals surface area contributed by atoms with E-state index in [9.17, 15) is 0 Å². The van der Waals surface area contributed by atoms with Crippen molar-refractivity contribution in [2.24, 2.45) is 0 Å². The van der Waals surface area contributed by atoms with Gasteiger partial charge < -0.3 is 0 Å². The summed E-state index contributed by atoms with van der Waals surface area (Å²) in [5.74, 6) is 0. The summed E-state index contributed by atoms with van der Waals surface area (Å²) in [4.78, 5) is 0. The molecule has 0 aliphatic rings. The molecule has 1 unspecified atom stereocenters. The summed E-state index contributed by atoms with van der Waals surface area (Å²) in [6, 6.07) is 22.1. The van der Waals surface area contributed by atoms with Crippen LogP contribution in [0.15, 0.2) is 60.7 Å². The molecular formula is C18H23P. The number of hydrogen-bond donors (Lipinski definition) is 0. The monoisotopic (exact) mass is 270 g/mol. The SMILES string of the molecule is CCCCC(C)P(c1ccccc1)c1ccccc1. The third-order valence-corrected chi connectivity index (χ3v) is 6.33. The Hall–Kier alpha value is -1.13. The lowest BCUT2D eigenvalue weighted by Gasteiger charge is -2.25. The summed E-state index contributed by atoms with van der Waals surface area (Å²) in [5.41, 5.74) is 0.750. The molecule has 2 aromatic carbocycles. The van der Waals surface area contributed by atoms with Crippen LogP contribution in [-0.2, 0) is 0 Å². The van der Waals surface area contributed by atoms with Crippen LogP contribution in [0.4, 0.5) is 0 Å². The van der Waals surface area contributed by atoms with Crippen LogP contribution in [0.5, 0.6) is 0 Å². The Bertz CT molecular complexity index is 424. The van der Waals surface area contributed by atoms with Crippen molar-refractivity contribution in [2.45, 2.75) is 38.8 Å². The summed E-state index contributed by atoms with van der Waals surface area (Å²) in [6.45, 7) is 4.70. The zero-order chi connectivity index (χ0) is 13.5. The van der Waals surface area contributed by atoms with E-state index in [-0.39, 0.29) is 7.92 Å². The summed E-state index contributed by atoms with van der Waals surface area (Å²) in [5, 5.41) is 3.01. The standard InChI is InChI=1S/C18H23P/c1-3-4-11-16(2)19(17-12-7-5-8-13-17)18-14-9-6-10-15-18/h5-10,12-16H,3-4,11H2,1-2H3. The number of benzene rings is 2. The lowest BCUT2D eigenvalue weighted by molar-refractivity contribution is 0.710. The molecule has 0 nitrogen and oxygen atoms in total. The molecule has 2 aromatic rings. The maximum Gasteiger partial charge on any atom is -0.0157 e. The smallest absolute Gasteiger partial charge is 0.0157 e. The van der Waals surface area contributed by atoms with Gasteiger partial charge in [0.15, 0.2) is 0 Å². The first-order valence-electron chi connectivity index (χ1n) is 7.22. The Morgan fingerprint density at radius 3 is 1.74 bits per heavy atom. The van der Waals surface area contributed by atoms with Crippen molar-refractivity contribution in [3.8, 4) is 0 Å². The second-order valence-corrected chi connectivity index (χ2v) is 7.69. The van der Waals surface area contributed by atoms with E-state index in [0.717, 1.165) is 5.66 Å². The van der Waals surface area contributed by atoms with Gasteiger partial charge in [-0.05, 0) is 30.6 Å². The molecule has 0 fully saturated rings. The maximum atomic E-state index is 2.42. The lowest BCUT2D eigenvalue weighted by Crippen LogP contribution is -2.19. The molecule has 0 saturated heterocycles. The van der Waals surface area contributed by atoms with E-state index < -0.39 is 0 Å². The molecule has 0 spiro atoms. The molecule has 19 heavy (non-hydrogen) atoms. The van der Waals surface area contributed by atoms with Crippen LogP contribution in [0.2, 0.25) is 0 Å². The van der Waals surface area contributed by atoms with E-state index in [1.54, 1.807) is 0 Å². The van der Waals surface area contributed by atoms with E-state index in [0.29, 0.717) is 0 Å². The van der Waals surface area contributed by atoms with Crippen molar-refractivity contribution in [3.63, 3.8) is 0 Å². The fraction of sp³-hybridized carbons (Fsp3) is 0.333. The van der Waals surface area contributed by atoms with Gasteiger partial charge in [0.05, 0.1) is 0 Å². The molecule has 0 radical (unpaired) electrons. The number of hydrogen-bond acceptors (Lipinski definition) is 0. The first kappa shape index (κ1) is 14.3. The molecule has 0 aromatic heterocycles. The molecule has 2 rings (SSSR count). The van der Waals surface area contributed by atoms with Gasteiger partial charge in [0, 0.05) is 0 Å². The first-order valence-corrected chi connectivity index (χ1v) is 8.63. The van der Waals surface area contributed by atoms with Gasteiger partial charge in [0.2, 0.25) is 0 Å². The lowest BCUT2D eigenvalue weighted by atomic mass is 10.2. The van der Waals surface area contributed by atoms with Gasteiger partial charge in [0.25, 0.3) is 0 Å². The van der Waals surface area contributed by atoms with Crippen LogP contribution < -0.4 is 10.6 Å². The van der Waals surface area contributed by atoms with Crippen molar-refractivity contribution < 1.29 is 0 Å². The third-order valence-electron chi connectivity index (χ3n) is 3.48. The minimum Gasteiger partial charge on any atom is -0.0654 e.